The van der Waals surface area contributed by atoms with E-state index in [1.807, 2.05) is 30.3 Å². The minimum Gasteiger partial charge on any atom is -0.497 e. The number of ether oxygens (including phenoxy) is 1. The van der Waals surface area contributed by atoms with Crippen molar-refractivity contribution in [3.05, 3.63) is 70.4 Å². The largest absolute Gasteiger partial charge is 0.497 e. The molecule has 162 valence electrons. The molecule has 0 aliphatic heterocycles. The lowest BCUT2D eigenvalue weighted by Gasteiger charge is -2.22. The van der Waals surface area contributed by atoms with Crippen molar-refractivity contribution in [1.82, 2.24) is 9.88 Å². The zero-order valence-corrected chi connectivity index (χ0v) is 18.1. The summed E-state index contributed by atoms with van der Waals surface area (Å²) >= 11 is 0. The fourth-order valence-electron chi connectivity index (χ4n) is 3.78. The van der Waals surface area contributed by atoms with Crippen LogP contribution in [0.3, 0.4) is 0 Å². The van der Waals surface area contributed by atoms with E-state index in [1.165, 1.54) is 5.56 Å². The van der Waals surface area contributed by atoms with Crippen molar-refractivity contribution in [2.45, 2.75) is 39.2 Å². The molecular weight excluding hydrogens is 392 g/mol. The van der Waals surface area contributed by atoms with E-state index in [0.717, 1.165) is 50.0 Å². The number of hydrogen-bond acceptors (Lipinski definition) is 6. The first-order valence-corrected chi connectivity index (χ1v) is 10.8. The van der Waals surface area contributed by atoms with E-state index < -0.39 is 5.63 Å². The lowest BCUT2D eigenvalue weighted by atomic mass is 10.2. The lowest BCUT2D eigenvalue weighted by Crippen LogP contribution is -2.26. The van der Waals surface area contributed by atoms with E-state index in [2.05, 4.69) is 28.9 Å². The van der Waals surface area contributed by atoms with E-state index in [1.54, 1.807) is 13.2 Å². The Morgan fingerprint density at radius 3 is 2.55 bits per heavy atom. The Labute approximate surface area is 181 Å². The highest BCUT2D eigenvalue weighted by molar-refractivity contribution is 5.98. The number of rotatable bonds is 10. The van der Waals surface area contributed by atoms with Crippen LogP contribution in [0.4, 0.5) is 0 Å². The molecule has 0 aliphatic carbocycles. The third-order valence-corrected chi connectivity index (χ3v) is 5.46. The number of aryl methyl sites for hydroxylation is 1. The highest BCUT2D eigenvalue weighted by Gasteiger charge is 2.15. The van der Waals surface area contributed by atoms with Gasteiger partial charge >= 0.3 is 5.63 Å². The topological polar surface area (TPSA) is 68.7 Å². The van der Waals surface area contributed by atoms with Gasteiger partial charge in [0.1, 0.15) is 11.3 Å². The Morgan fingerprint density at radius 1 is 1.00 bits per heavy atom. The van der Waals surface area contributed by atoms with Gasteiger partial charge in [-0.3, -0.25) is 4.90 Å². The van der Waals surface area contributed by atoms with Crippen LogP contribution < -0.4 is 10.4 Å². The molecule has 0 radical (unpaired) electrons. The van der Waals surface area contributed by atoms with Gasteiger partial charge in [0.15, 0.2) is 17.0 Å². The van der Waals surface area contributed by atoms with Crippen LogP contribution in [-0.2, 0) is 13.0 Å². The molecule has 6 heteroatoms. The molecule has 0 amide bonds. The molecule has 0 unspecified atom stereocenters. The molecule has 31 heavy (non-hydrogen) atoms. The summed E-state index contributed by atoms with van der Waals surface area (Å²) in [4.78, 5) is 19.1. The number of para-hydroxylation sites is 1. The van der Waals surface area contributed by atoms with Gasteiger partial charge in [-0.25, -0.2) is 9.78 Å². The third-order valence-electron chi connectivity index (χ3n) is 5.46. The highest BCUT2D eigenvalue weighted by atomic mass is 16.5. The van der Waals surface area contributed by atoms with Crippen molar-refractivity contribution < 1.29 is 13.6 Å². The Bertz CT molecular complexity index is 1190. The third kappa shape index (κ3) is 4.97. The summed E-state index contributed by atoms with van der Waals surface area (Å²) < 4.78 is 16.6. The molecule has 0 atom stereocenters. The van der Waals surface area contributed by atoms with Crippen molar-refractivity contribution in [2.75, 3.05) is 20.2 Å². The van der Waals surface area contributed by atoms with Gasteiger partial charge < -0.3 is 13.6 Å². The van der Waals surface area contributed by atoms with Crippen molar-refractivity contribution >= 4 is 22.1 Å². The van der Waals surface area contributed by atoms with Gasteiger partial charge in [0.25, 0.3) is 0 Å². The van der Waals surface area contributed by atoms with Crippen LogP contribution >= 0.6 is 0 Å². The smallest absolute Gasteiger partial charge is 0.366 e. The molecule has 6 nitrogen and oxygen atoms in total. The fourth-order valence-corrected chi connectivity index (χ4v) is 3.78. The van der Waals surface area contributed by atoms with Crippen LogP contribution in [0.2, 0.25) is 0 Å². The standard InChI is InChI=1S/C25H28N2O4/c1-3-4-15-27(17-18-11-13-19(29-2)14-12-18)16-7-10-22-26-23-24(31-22)20-8-5-6-9-21(20)30-25(23)28/h5-6,8-9,11-14H,3-4,7,10,15-17H2,1-2H3. The summed E-state index contributed by atoms with van der Waals surface area (Å²) in [5.74, 6) is 1.45. The van der Waals surface area contributed by atoms with E-state index in [0.29, 0.717) is 23.5 Å². The van der Waals surface area contributed by atoms with Crippen LogP contribution in [0.25, 0.3) is 22.1 Å². The maximum atomic E-state index is 12.2. The van der Waals surface area contributed by atoms with Crippen LogP contribution in [0, 0.1) is 0 Å². The Balaban J connectivity index is 1.43. The van der Waals surface area contributed by atoms with Crippen molar-refractivity contribution in [2.24, 2.45) is 0 Å². The molecule has 0 saturated carbocycles. The second-order valence-electron chi connectivity index (χ2n) is 7.75. The fraction of sp³-hybridized carbons (Fsp3) is 0.360. The van der Waals surface area contributed by atoms with Gasteiger partial charge in [-0.1, -0.05) is 37.6 Å². The first kappa shape index (κ1) is 21.1. The minimum atomic E-state index is -0.451. The van der Waals surface area contributed by atoms with Crippen LogP contribution in [0.15, 0.2) is 62.2 Å². The monoisotopic (exact) mass is 420 g/mol. The number of methoxy groups -OCH3 is 1. The summed E-state index contributed by atoms with van der Waals surface area (Å²) in [5, 5.41) is 0.778. The van der Waals surface area contributed by atoms with Crippen LogP contribution in [0.5, 0.6) is 5.75 Å². The predicted octanol–water partition coefficient (Wildman–Crippen LogP) is 5.18. The molecule has 0 saturated heterocycles. The summed E-state index contributed by atoms with van der Waals surface area (Å²) in [6.45, 7) is 5.08. The first-order chi connectivity index (χ1) is 15.2. The number of benzene rings is 2. The Morgan fingerprint density at radius 2 is 1.77 bits per heavy atom. The zero-order chi connectivity index (χ0) is 21.6. The van der Waals surface area contributed by atoms with Crippen molar-refractivity contribution in [3.63, 3.8) is 0 Å². The van der Waals surface area contributed by atoms with Crippen molar-refractivity contribution in [3.8, 4) is 5.75 Å². The van der Waals surface area contributed by atoms with Crippen molar-refractivity contribution in [1.29, 1.82) is 0 Å². The second kappa shape index (κ2) is 9.79. The van der Waals surface area contributed by atoms with Gasteiger partial charge in [-0.2, -0.15) is 0 Å². The minimum absolute atomic E-state index is 0.273. The lowest BCUT2D eigenvalue weighted by molar-refractivity contribution is 0.255. The summed E-state index contributed by atoms with van der Waals surface area (Å²) in [7, 11) is 1.68. The molecular formula is C25H28N2O4. The molecule has 0 aliphatic rings. The molecule has 0 fully saturated rings. The molecule has 2 aromatic carbocycles. The SMILES string of the molecule is CCCCN(CCCc1nc2c(=O)oc3ccccc3c2o1)Cc1ccc(OC)cc1. The van der Waals surface area contributed by atoms with Gasteiger partial charge in [0.2, 0.25) is 0 Å². The van der Waals surface area contributed by atoms with Gasteiger partial charge in [0.05, 0.1) is 12.5 Å². The maximum absolute atomic E-state index is 12.2. The van der Waals surface area contributed by atoms with E-state index in [-0.39, 0.29) is 5.52 Å². The quantitative estimate of drug-likeness (QED) is 0.329. The van der Waals surface area contributed by atoms with E-state index in [9.17, 15) is 4.79 Å². The number of unbranched alkanes of at least 4 members (excludes halogenated alkanes) is 1. The average Bonchev–Trinajstić information content (AvgIpc) is 3.23. The summed E-state index contributed by atoms with van der Waals surface area (Å²) in [6.07, 6.45) is 3.89. The number of oxazole rings is 1. The molecule has 4 aromatic rings. The molecule has 0 spiro atoms. The van der Waals surface area contributed by atoms with Crippen LogP contribution in [-0.4, -0.2) is 30.1 Å². The average molecular weight is 421 g/mol. The molecule has 2 heterocycles. The van der Waals surface area contributed by atoms with E-state index in [4.69, 9.17) is 13.6 Å². The number of aromatic nitrogens is 1. The number of nitrogens with zero attached hydrogens (tertiary/aromatic N) is 2. The number of hydrogen-bond donors (Lipinski definition) is 0. The molecule has 0 N–H and O–H groups in total. The van der Waals surface area contributed by atoms with Crippen LogP contribution in [0.1, 0.15) is 37.6 Å². The molecule has 2 aromatic heterocycles. The highest BCUT2D eigenvalue weighted by Crippen LogP contribution is 2.24. The van der Waals surface area contributed by atoms with Gasteiger partial charge in [0, 0.05) is 13.0 Å². The normalized spacial score (nSPS) is 11.6. The Kier molecular flexibility index (Phi) is 6.67. The van der Waals surface area contributed by atoms with E-state index >= 15 is 0 Å². The summed E-state index contributed by atoms with van der Waals surface area (Å²) in [5.41, 5.74) is 2.13. The molecule has 0 bridgehead atoms. The maximum Gasteiger partial charge on any atom is 0.366 e. The Hall–Kier alpha value is -3.12. The second-order valence-corrected chi connectivity index (χ2v) is 7.75. The van der Waals surface area contributed by atoms with Gasteiger partial charge in [-0.05, 0) is 55.8 Å². The first-order valence-electron chi connectivity index (χ1n) is 10.8. The molecule has 4 rings (SSSR count). The zero-order valence-electron chi connectivity index (χ0n) is 18.1. The number of fused-ring (bicyclic) bond motifs is 3. The predicted molar refractivity (Wildman–Crippen MR) is 122 cm³/mol. The summed E-state index contributed by atoms with van der Waals surface area (Å²) in [6, 6.07) is 15.6. The van der Waals surface area contributed by atoms with Gasteiger partial charge in [-0.15, -0.1) is 0 Å².